The third kappa shape index (κ3) is 1.72. The van der Waals surface area contributed by atoms with Crippen LogP contribution in [-0.2, 0) is 0 Å². The fourth-order valence-corrected chi connectivity index (χ4v) is 0.816. The molecule has 0 fully saturated rings. The maximum Gasteiger partial charge on any atom is 0.196 e. The molecule has 1 aromatic heterocycles. The van der Waals surface area contributed by atoms with Crippen LogP contribution in [0.25, 0.3) is 0 Å². The molecule has 0 unspecified atom stereocenters. The molecular weight excluding hydrogens is 248 g/mol. The van der Waals surface area contributed by atoms with Gasteiger partial charge in [-0.3, -0.25) is 0 Å². The summed E-state index contributed by atoms with van der Waals surface area (Å²) in [6, 6.07) is 0. The van der Waals surface area contributed by atoms with Gasteiger partial charge in [0, 0.05) is 10.3 Å². The molecule has 0 radical (unpaired) electrons. The van der Waals surface area contributed by atoms with Gasteiger partial charge in [-0.15, -0.1) is 0 Å². The largest absolute Gasteiger partial charge is 0.230 e. The van der Waals surface area contributed by atoms with E-state index in [-0.39, 0.29) is 10.4 Å². The van der Waals surface area contributed by atoms with Crippen LogP contribution in [0.5, 0.6) is 0 Å². The van der Waals surface area contributed by atoms with Crippen molar-refractivity contribution in [2.24, 2.45) is 0 Å². The highest BCUT2D eigenvalue weighted by Crippen LogP contribution is 2.13. The van der Waals surface area contributed by atoms with Crippen molar-refractivity contribution in [2.45, 2.75) is 6.85 Å². The Bertz CT molecular complexity index is 299. The van der Waals surface area contributed by atoms with E-state index in [9.17, 15) is 0 Å². The average molecular weight is 255 g/mol. The molecule has 2 nitrogen and oxygen atoms in total. The number of aryl methyl sites for hydroxylation is 1. The first-order valence-corrected chi connectivity index (χ1v) is 3.68. The van der Waals surface area contributed by atoms with Gasteiger partial charge in [0.05, 0.1) is 10.2 Å². The molecule has 0 aliphatic heterocycles. The molecule has 0 atom stereocenters. The summed E-state index contributed by atoms with van der Waals surface area (Å²) in [5.74, 6) is 0. The summed E-state index contributed by atoms with van der Waals surface area (Å²) in [6.45, 7) is -2.20. The summed E-state index contributed by atoms with van der Waals surface area (Å²) in [5, 5.41) is 0. The molecule has 0 spiro atoms. The van der Waals surface area contributed by atoms with Crippen LogP contribution in [0, 0.1) is 6.85 Å². The number of hydrogen-bond acceptors (Lipinski definition) is 2. The van der Waals surface area contributed by atoms with E-state index in [0.29, 0.717) is 4.47 Å². The zero-order valence-corrected chi connectivity index (χ0v) is 7.40. The molecule has 4 heteroatoms. The first-order chi connectivity index (χ1) is 5.41. The molecule has 0 amide bonds. The van der Waals surface area contributed by atoms with Gasteiger partial charge in [0.25, 0.3) is 0 Å². The predicted octanol–water partition coefficient (Wildman–Crippen LogP) is 2.31. The molecule has 9 heavy (non-hydrogen) atoms. The zero-order chi connectivity index (χ0) is 9.35. The molecule has 1 rings (SSSR count). The fourth-order valence-electron chi connectivity index (χ4n) is 0.346. The van der Waals surface area contributed by atoms with Crippen molar-refractivity contribution in [3.05, 3.63) is 21.1 Å². The molecule has 1 aromatic rings. The van der Waals surface area contributed by atoms with E-state index in [1.807, 2.05) is 0 Å². The standard InChI is InChI=1S/C5H4Br2N2/c1-3-4(6)2-8-5(7)9-3/h2H,1H3/i1D3. The van der Waals surface area contributed by atoms with Crippen LogP contribution >= 0.6 is 31.9 Å². The van der Waals surface area contributed by atoms with Gasteiger partial charge in [0.2, 0.25) is 0 Å². The number of halogens is 2. The molecule has 0 aliphatic rings. The second-order valence-electron chi connectivity index (χ2n) is 1.34. The van der Waals surface area contributed by atoms with Crippen LogP contribution in [0.2, 0.25) is 0 Å². The monoisotopic (exact) mass is 253 g/mol. The smallest absolute Gasteiger partial charge is 0.196 e. The molecule has 0 saturated carbocycles. The number of aromatic nitrogens is 2. The third-order valence-corrected chi connectivity index (χ3v) is 1.68. The number of hydrogen-bond donors (Lipinski definition) is 0. The van der Waals surface area contributed by atoms with Gasteiger partial charge < -0.3 is 0 Å². The van der Waals surface area contributed by atoms with Gasteiger partial charge in [0.1, 0.15) is 0 Å². The Hall–Kier alpha value is 0.0400. The summed E-state index contributed by atoms with van der Waals surface area (Å²) < 4.78 is 22.0. The molecule has 0 N–H and O–H groups in total. The Morgan fingerprint density at radius 2 is 2.44 bits per heavy atom. The predicted molar refractivity (Wildman–Crippen MR) is 42.2 cm³/mol. The Labute approximate surface area is 74.2 Å². The number of rotatable bonds is 0. The molecule has 0 aliphatic carbocycles. The van der Waals surface area contributed by atoms with Crippen molar-refractivity contribution in [2.75, 3.05) is 0 Å². The fraction of sp³-hybridized carbons (Fsp3) is 0.200. The Balaban J connectivity index is 3.23. The van der Waals surface area contributed by atoms with Gasteiger partial charge >= 0.3 is 0 Å². The van der Waals surface area contributed by atoms with Crippen molar-refractivity contribution >= 4 is 31.9 Å². The van der Waals surface area contributed by atoms with E-state index < -0.39 is 6.85 Å². The van der Waals surface area contributed by atoms with Crippen LogP contribution in [0.3, 0.4) is 0 Å². The van der Waals surface area contributed by atoms with Crippen molar-refractivity contribution in [1.82, 2.24) is 9.97 Å². The van der Waals surface area contributed by atoms with E-state index >= 15 is 0 Å². The Morgan fingerprint density at radius 3 is 3.00 bits per heavy atom. The molecule has 0 aromatic carbocycles. The van der Waals surface area contributed by atoms with Gasteiger partial charge in [-0.2, -0.15) is 0 Å². The van der Waals surface area contributed by atoms with E-state index in [1.54, 1.807) is 0 Å². The lowest BCUT2D eigenvalue weighted by atomic mass is 10.5. The van der Waals surface area contributed by atoms with Gasteiger partial charge in [-0.1, -0.05) is 0 Å². The quantitative estimate of drug-likeness (QED) is 0.664. The minimum Gasteiger partial charge on any atom is -0.230 e. The first kappa shape index (κ1) is 4.03. The second kappa shape index (κ2) is 2.75. The molecule has 1 heterocycles. The third-order valence-electron chi connectivity index (χ3n) is 0.715. The summed E-state index contributed by atoms with van der Waals surface area (Å²) >= 11 is 6.06. The topological polar surface area (TPSA) is 25.8 Å². The highest BCUT2D eigenvalue weighted by Gasteiger charge is 1.94. The van der Waals surface area contributed by atoms with Crippen LogP contribution in [0.1, 0.15) is 9.81 Å². The summed E-state index contributed by atoms with van der Waals surface area (Å²) in [4.78, 5) is 7.50. The maximum atomic E-state index is 7.10. The lowest BCUT2D eigenvalue weighted by Crippen LogP contribution is -1.86. The first-order valence-electron chi connectivity index (χ1n) is 3.60. The summed E-state index contributed by atoms with van der Waals surface area (Å²) in [5.41, 5.74) is 0.0179. The Kier molecular flexibility index (Phi) is 1.23. The molecule has 0 bridgehead atoms. The normalized spacial score (nSPS) is 16.0. The van der Waals surface area contributed by atoms with E-state index in [4.69, 9.17) is 4.11 Å². The lowest BCUT2D eigenvalue weighted by molar-refractivity contribution is 1.04. The molecule has 48 valence electrons. The lowest BCUT2D eigenvalue weighted by Gasteiger charge is -1.93. The summed E-state index contributed by atoms with van der Waals surface area (Å²) in [7, 11) is 0. The van der Waals surface area contributed by atoms with Gasteiger partial charge in [-0.25, -0.2) is 9.97 Å². The maximum absolute atomic E-state index is 7.10. The van der Waals surface area contributed by atoms with Crippen molar-refractivity contribution < 1.29 is 4.11 Å². The van der Waals surface area contributed by atoms with E-state index in [2.05, 4.69) is 41.8 Å². The van der Waals surface area contributed by atoms with Gasteiger partial charge in [-0.05, 0) is 38.7 Å². The number of nitrogens with zero attached hydrogens (tertiary/aromatic N) is 2. The second-order valence-corrected chi connectivity index (χ2v) is 2.90. The SMILES string of the molecule is [2H]C([2H])([2H])c1nc(Br)ncc1Br. The zero-order valence-electron chi connectivity index (χ0n) is 7.23. The van der Waals surface area contributed by atoms with Crippen LogP contribution in [0.4, 0.5) is 0 Å². The minimum absolute atomic E-state index is 0.0179. The van der Waals surface area contributed by atoms with E-state index in [0.717, 1.165) is 0 Å². The average Bonchev–Trinajstić information content (AvgIpc) is 1.92. The van der Waals surface area contributed by atoms with Crippen LogP contribution in [-0.4, -0.2) is 9.97 Å². The van der Waals surface area contributed by atoms with E-state index in [1.165, 1.54) is 6.20 Å². The highest BCUT2D eigenvalue weighted by atomic mass is 79.9. The minimum atomic E-state index is -2.20. The Morgan fingerprint density at radius 1 is 1.67 bits per heavy atom. The van der Waals surface area contributed by atoms with Crippen molar-refractivity contribution in [3.63, 3.8) is 0 Å². The summed E-state index contributed by atoms with van der Waals surface area (Å²) in [6.07, 6.45) is 1.40. The van der Waals surface area contributed by atoms with Crippen molar-refractivity contribution in [3.8, 4) is 0 Å². The van der Waals surface area contributed by atoms with Gasteiger partial charge in [0.15, 0.2) is 4.73 Å². The highest BCUT2D eigenvalue weighted by molar-refractivity contribution is 9.10. The van der Waals surface area contributed by atoms with Crippen LogP contribution in [0.15, 0.2) is 15.4 Å². The molecule has 0 saturated heterocycles. The molecular formula is C5H4Br2N2. The van der Waals surface area contributed by atoms with Crippen molar-refractivity contribution in [1.29, 1.82) is 0 Å². The van der Waals surface area contributed by atoms with Crippen LogP contribution < -0.4 is 0 Å².